The zero-order chi connectivity index (χ0) is 15.5. The predicted octanol–water partition coefficient (Wildman–Crippen LogP) is 1.09. The van der Waals surface area contributed by atoms with E-state index in [0.717, 1.165) is 0 Å². The Balaban J connectivity index is 1.95. The standard InChI is InChI=1S/C11H17ClN6O2S/c1-3-18(21(2,19)20)6-4-5-13-9-8-10(15-7-14-8)17-11(12)16-9/h7H,3-6H2,1-2H3,(H2,13,14,15,16,17). The van der Waals surface area contributed by atoms with Crippen molar-refractivity contribution in [2.45, 2.75) is 13.3 Å². The van der Waals surface area contributed by atoms with Crippen LogP contribution in [0, 0.1) is 0 Å². The van der Waals surface area contributed by atoms with Crippen LogP contribution in [0.2, 0.25) is 5.28 Å². The molecule has 2 heterocycles. The van der Waals surface area contributed by atoms with Crippen LogP contribution in [0.15, 0.2) is 6.33 Å². The number of H-pyrrole nitrogens is 1. The van der Waals surface area contributed by atoms with Crippen molar-refractivity contribution in [1.82, 2.24) is 24.2 Å². The third kappa shape index (κ3) is 4.02. The number of hydrogen-bond donors (Lipinski definition) is 2. The molecule has 0 bridgehead atoms. The molecule has 0 aromatic carbocycles. The van der Waals surface area contributed by atoms with Gasteiger partial charge in [-0.1, -0.05) is 6.92 Å². The number of anilines is 1. The van der Waals surface area contributed by atoms with Gasteiger partial charge in [-0.3, -0.25) is 0 Å². The molecule has 2 aromatic rings. The van der Waals surface area contributed by atoms with Crippen LogP contribution >= 0.6 is 11.6 Å². The highest BCUT2D eigenvalue weighted by atomic mass is 35.5. The molecular weight excluding hydrogens is 316 g/mol. The Hall–Kier alpha value is -1.45. The number of nitrogens with zero attached hydrogens (tertiary/aromatic N) is 4. The van der Waals surface area contributed by atoms with Crippen molar-refractivity contribution in [3.05, 3.63) is 11.6 Å². The van der Waals surface area contributed by atoms with Crippen LogP contribution in [0.1, 0.15) is 13.3 Å². The average Bonchev–Trinajstić information content (AvgIpc) is 2.84. The molecule has 0 spiro atoms. The van der Waals surface area contributed by atoms with Crippen LogP contribution in [0.25, 0.3) is 11.2 Å². The van der Waals surface area contributed by atoms with E-state index in [1.165, 1.54) is 16.9 Å². The van der Waals surface area contributed by atoms with E-state index < -0.39 is 10.0 Å². The second-order valence-electron chi connectivity index (χ2n) is 4.48. The smallest absolute Gasteiger partial charge is 0.226 e. The minimum absolute atomic E-state index is 0.114. The first-order chi connectivity index (χ1) is 9.91. The molecule has 0 fully saturated rings. The molecule has 2 rings (SSSR count). The largest absolute Gasteiger partial charge is 0.368 e. The fourth-order valence-electron chi connectivity index (χ4n) is 1.96. The van der Waals surface area contributed by atoms with Crippen molar-refractivity contribution in [1.29, 1.82) is 0 Å². The van der Waals surface area contributed by atoms with Gasteiger partial charge in [0.1, 0.15) is 5.52 Å². The molecule has 0 aliphatic rings. The van der Waals surface area contributed by atoms with Gasteiger partial charge in [-0.15, -0.1) is 0 Å². The second kappa shape index (κ2) is 6.54. The number of halogens is 1. The van der Waals surface area contributed by atoms with Gasteiger partial charge in [0.2, 0.25) is 15.3 Å². The van der Waals surface area contributed by atoms with Gasteiger partial charge < -0.3 is 10.3 Å². The fraction of sp³-hybridized carbons (Fsp3) is 0.545. The molecular formula is C11H17ClN6O2S. The van der Waals surface area contributed by atoms with E-state index in [2.05, 4.69) is 25.3 Å². The highest BCUT2D eigenvalue weighted by Gasteiger charge is 2.13. The van der Waals surface area contributed by atoms with Crippen molar-refractivity contribution in [3.63, 3.8) is 0 Å². The molecule has 8 nitrogen and oxygen atoms in total. The first-order valence-electron chi connectivity index (χ1n) is 6.47. The van der Waals surface area contributed by atoms with Gasteiger partial charge in [0.05, 0.1) is 12.6 Å². The summed E-state index contributed by atoms with van der Waals surface area (Å²) in [6.07, 6.45) is 3.38. The lowest BCUT2D eigenvalue weighted by Crippen LogP contribution is -2.31. The maximum Gasteiger partial charge on any atom is 0.226 e. The molecule has 10 heteroatoms. The third-order valence-electron chi connectivity index (χ3n) is 2.96. The Morgan fingerprint density at radius 3 is 2.86 bits per heavy atom. The quantitative estimate of drug-likeness (QED) is 0.581. The summed E-state index contributed by atoms with van der Waals surface area (Å²) in [7, 11) is -3.15. The van der Waals surface area contributed by atoms with E-state index in [9.17, 15) is 8.42 Å². The number of rotatable bonds is 7. The van der Waals surface area contributed by atoms with Gasteiger partial charge in [-0.05, 0) is 18.0 Å². The maximum absolute atomic E-state index is 11.5. The minimum atomic E-state index is -3.15. The van der Waals surface area contributed by atoms with Gasteiger partial charge in [-0.2, -0.15) is 9.97 Å². The molecule has 0 radical (unpaired) electrons. The van der Waals surface area contributed by atoms with E-state index in [-0.39, 0.29) is 5.28 Å². The molecule has 0 saturated heterocycles. The molecule has 0 atom stereocenters. The summed E-state index contributed by atoms with van der Waals surface area (Å²) in [5, 5.41) is 3.23. The summed E-state index contributed by atoms with van der Waals surface area (Å²) < 4.78 is 24.4. The van der Waals surface area contributed by atoms with Gasteiger partial charge in [0.15, 0.2) is 11.5 Å². The molecule has 21 heavy (non-hydrogen) atoms. The van der Waals surface area contributed by atoms with Crippen molar-refractivity contribution in [2.75, 3.05) is 31.2 Å². The van der Waals surface area contributed by atoms with Crippen LogP contribution in [-0.2, 0) is 10.0 Å². The zero-order valence-electron chi connectivity index (χ0n) is 11.8. The topological polar surface area (TPSA) is 104 Å². The zero-order valence-corrected chi connectivity index (χ0v) is 13.4. The lowest BCUT2D eigenvalue weighted by molar-refractivity contribution is 0.428. The van der Waals surface area contributed by atoms with Crippen LogP contribution < -0.4 is 5.32 Å². The predicted molar refractivity (Wildman–Crippen MR) is 81.9 cm³/mol. The lowest BCUT2D eigenvalue weighted by Gasteiger charge is -2.17. The summed E-state index contributed by atoms with van der Waals surface area (Å²) >= 11 is 5.82. The molecule has 0 saturated carbocycles. The normalized spacial score (nSPS) is 12.2. The Bertz CT molecular complexity index is 717. The monoisotopic (exact) mass is 332 g/mol. The van der Waals surface area contributed by atoms with E-state index in [4.69, 9.17) is 11.6 Å². The first kappa shape index (κ1) is 15.9. The summed E-state index contributed by atoms with van der Waals surface area (Å²) in [4.78, 5) is 15.0. The van der Waals surface area contributed by atoms with Crippen molar-refractivity contribution < 1.29 is 8.42 Å². The first-order valence-corrected chi connectivity index (χ1v) is 8.70. The summed E-state index contributed by atoms with van der Waals surface area (Å²) in [5.74, 6) is 0.560. The SMILES string of the molecule is CCN(CCCNc1nc(Cl)nc2nc[nH]c12)S(C)(=O)=O. The molecule has 0 aliphatic carbocycles. The summed E-state index contributed by atoms with van der Waals surface area (Å²) in [6.45, 7) is 3.29. The summed E-state index contributed by atoms with van der Waals surface area (Å²) in [5.41, 5.74) is 1.17. The molecule has 0 unspecified atom stereocenters. The highest BCUT2D eigenvalue weighted by Crippen LogP contribution is 2.18. The van der Waals surface area contributed by atoms with Crippen molar-refractivity contribution in [3.8, 4) is 0 Å². The Morgan fingerprint density at radius 1 is 1.43 bits per heavy atom. The van der Waals surface area contributed by atoms with Crippen molar-refractivity contribution >= 4 is 38.6 Å². The molecule has 116 valence electrons. The van der Waals surface area contributed by atoms with Gasteiger partial charge in [-0.25, -0.2) is 17.7 Å². The third-order valence-corrected chi connectivity index (χ3v) is 4.50. The molecule has 0 aliphatic heterocycles. The average molecular weight is 333 g/mol. The Labute approximate surface area is 128 Å². The Morgan fingerprint density at radius 2 is 2.19 bits per heavy atom. The second-order valence-corrected chi connectivity index (χ2v) is 6.80. The number of nitrogens with one attached hydrogen (secondary N) is 2. The van der Waals surface area contributed by atoms with Crippen LogP contribution in [0.3, 0.4) is 0 Å². The van der Waals surface area contributed by atoms with E-state index in [0.29, 0.717) is 43.0 Å². The number of sulfonamides is 1. The van der Waals surface area contributed by atoms with Crippen LogP contribution in [0.4, 0.5) is 5.82 Å². The van der Waals surface area contributed by atoms with E-state index in [1.807, 2.05) is 6.92 Å². The van der Waals surface area contributed by atoms with Gasteiger partial charge in [0.25, 0.3) is 0 Å². The fourth-order valence-corrected chi connectivity index (χ4v) is 3.05. The number of imidazole rings is 1. The number of aromatic nitrogens is 4. The van der Waals surface area contributed by atoms with E-state index >= 15 is 0 Å². The maximum atomic E-state index is 11.5. The van der Waals surface area contributed by atoms with Crippen LogP contribution in [0.5, 0.6) is 0 Å². The lowest BCUT2D eigenvalue weighted by atomic mass is 10.4. The Kier molecular flexibility index (Phi) is 4.96. The van der Waals surface area contributed by atoms with Crippen molar-refractivity contribution in [2.24, 2.45) is 0 Å². The van der Waals surface area contributed by atoms with Gasteiger partial charge >= 0.3 is 0 Å². The summed E-state index contributed by atoms with van der Waals surface area (Å²) in [6, 6.07) is 0. The van der Waals surface area contributed by atoms with Crippen LogP contribution in [-0.4, -0.2) is 58.5 Å². The van der Waals surface area contributed by atoms with E-state index in [1.54, 1.807) is 0 Å². The number of hydrogen-bond acceptors (Lipinski definition) is 6. The molecule has 0 amide bonds. The molecule has 2 N–H and O–H groups in total. The minimum Gasteiger partial charge on any atom is -0.368 e. The highest BCUT2D eigenvalue weighted by molar-refractivity contribution is 7.88. The number of fused-ring (bicyclic) bond motifs is 1. The van der Waals surface area contributed by atoms with Gasteiger partial charge in [0, 0.05) is 19.6 Å². The number of aromatic amines is 1. The molecule has 2 aromatic heterocycles.